The molecule has 1 aliphatic heterocycles. The Hall–Kier alpha value is -1.96. The van der Waals surface area contributed by atoms with Gasteiger partial charge >= 0.3 is 0 Å². The number of halogens is 2. The minimum absolute atomic E-state index is 0.0703. The summed E-state index contributed by atoms with van der Waals surface area (Å²) < 4.78 is 32.1. The Morgan fingerprint density at radius 1 is 1.14 bits per heavy atom. The number of ether oxygens (including phenoxy) is 1. The van der Waals surface area contributed by atoms with Crippen LogP contribution in [0.1, 0.15) is 18.4 Å². The van der Waals surface area contributed by atoms with Crippen molar-refractivity contribution in [3.8, 4) is 5.75 Å². The van der Waals surface area contributed by atoms with Gasteiger partial charge in [-0.2, -0.15) is 0 Å². The fraction of sp³-hybridized carbons (Fsp3) is 0.350. The standard InChI is InChI=1S/C20H22Cl2N2O4S/c21-16-6-3-8-18(20(16)22)28-13-4-9-19(25)23-11-14-29(26,27)24-12-10-15-5-1-2-7-17(15)24/h1-3,5-8H,4,9-14H2,(H,23,25). The van der Waals surface area contributed by atoms with Gasteiger partial charge < -0.3 is 10.1 Å². The highest BCUT2D eigenvalue weighted by atomic mass is 35.5. The Morgan fingerprint density at radius 3 is 2.76 bits per heavy atom. The van der Waals surface area contributed by atoms with E-state index >= 15 is 0 Å². The van der Waals surface area contributed by atoms with Crippen LogP contribution in [0.3, 0.4) is 0 Å². The van der Waals surface area contributed by atoms with Crippen molar-refractivity contribution >= 4 is 44.8 Å². The summed E-state index contributed by atoms with van der Waals surface area (Å²) in [7, 11) is -3.47. The van der Waals surface area contributed by atoms with Crippen LogP contribution in [-0.2, 0) is 21.2 Å². The molecule has 0 aromatic heterocycles. The minimum atomic E-state index is -3.47. The zero-order valence-corrected chi connectivity index (χ0v) is 18.1. The third-order valence-corrected chi connectivity index (χ3v) is 7.16. The Balaban J connectivity index is 1.38. The molecule has 1 amide bonds. The van der Waals surface area contributed by atoms with Gasteiger partial charge in [0, 0.05) is 19.5 Å². The molecular formula is C20H22Cl2N2O4S. The van der Waals surface area contributed by atoms with Crippen LogP contribution in [-0.4, -0.2) is 39.8 Å². The first-order valence-electron chi connectivity index (χ1n) is 9.30. The maximum atomic E-state index is 12.6. The van der Waals surface area contributed by atoms with Gasteiger partial charge in [-0.25, -0.2) is 8.42 Å². The van der Waals surface area contributed by atoms with Crippen LogP contribution in [0.2, 0.25) is 10.0 Å². The molecule has 6 nitrogen and oxygen atoms in total. The predicted octanol–water partition coefficient (Wildman–Crippen LogP) is 3.66. The number of hydrogen-bond donors (Lipinski definition) is 1. The van der Waals surface area contributed by atoms with E-state index in [1.807, 2.05) is 24.3 Å². The van der Waals surface area contributed by atoms with E-state index in [2.05, 4.69) is 5.32 Å². The number of amides is 1. The lowest BCUT2D eigenvalue weighted by Crippen LogP contribution is -2.37. The van der Waals surface area contributed by atoms with Gasteiger partial charge in [0.25, 0.3) is 0 Å². The summed E-state index contributed by atoms with van der Waals surface area (Å²) in [5.41, 5.74) is 1.76. The highest BCUT2D eigenvalue weighted by molar-refractivity contribution is 7.92. The summed E-state index contributed by atoms with van der Waals surface area (Å²) in [5, 5.41) is 3.40. The molecule has 1 N–H and O–H groups in total. The van der Waals surface area contributed by atoms with Crippen molar-refractivity contribution in [3.63, 3.8) is 0 Å². The van der Waals surface area contributed by atoms with Gasteiger partial charge in [0.2, 0.25) is 15.9 Å². The zero-order valence-electron chi connectivity index (χ0n) is 15.7. The molecule has 0 atom stereocenters. The summed E-state index contributed by atoms with van der Waals surface area (Å²) in [6.07, 6.45) is 1.41. The average Bonchev–Trinajstić information content (AvgIpc) is 3.13. The number of nitrogens with zero attached hydrogens (tertiary/aromatic N) is 1. The Morgan fingerprint density at radius 2 is 1.93 bits per heavy atom. The summed E-state index contributed by atoms with van der Waals surface area (Å²) >= 11 is 12.0. The largest absolute Gasteiger partial charge is 0.492 e. The number of fused-ring (bicyclic) bond motifs is 1. The maximum absolute atomic E-state index is 12.6. The van der Waals surface area contributed by atoms with E-state index in [9.17, 15) is 13.2 Å². The normalized spacial score (nSPS) is 13.2. The smallest absolute Gasteiger partial charge is 0.236 e. The molecule has 0 bridgehead atoms. The molecule has 0 radical (unpaired) electrons. The van der Waals surface area contributed by atoms with E-state index in [-0.39, 0.29) is 24.6 Å². The van der Waals surface area contributed by atoms with E-state index in [4.69, 9.17) is 27.9 Å². The van der Waals surface area contributed by atoms with Crippen LogP contribution in [0.5, 0.6) is 5.75 Å². The quantitative estimate of drug-likeness (QED) is 0.584. The Bertz CT molecular complexity index is 982. The number of carbonyl (C=O) groups is 1. The second-order valence-electron chi connectivity index (χ2n) is 6.62. The molecule has 156 valence electrons. The van der Waals surface area contributed by atoms with Gasteiger partial charge in [0.1, 0.15) is 10.8 Å². The van der Waals surface area contributed by atoms with Crippen molar-refractivity contribution in [2.75, 3.05) is 29.8 Å². The summed E-state index contributed by atoms with van der Waals surface area (Å²) in [5.74, 6) is 0.112. The first-order chi connectivity index (χ1) is 13.9. The molecule has 3 rings (SSSR count). The van der Waals surface area contributed by atoms with Gasteiger partial charge in [-0.15, -0.1) is 0 Å². The molecule has 0 unspecified atom stereocenters. The van der Waals surface area contributed by atoms with Crippen molar-refractivity contribution in [2.45, 2.75) is 19.3 Å². The molecule has 9 heteroatoms. The number of para-hydroxylation sites is 1. The third-order valence-electron chi connectivity index (χ3n) is 4.58. The number of nitrogens with one attached hydrogen (secondary N) is 1. The van der Waals surface area contributed by atoms with Crippen molar-refractivity contribution in [1.82, 2.24) is 5.32 Å². The lowest BCUT2D eigenvalue weighted by Gasteiger charge is -2.19. The fourth-order valence-electron chi connectivity index (χ4n) is 3.13. The molecule has 0 saturated carbocycles. The number of rotatable bonds is 9. The fourth-order valence-corrected chi connectivity index (χ4v) is 4.90. The second kappa shape index (κ2) is 9.69. The zero-order chi connectivity index (χ0) is 20.9. The lowest BCUT2D eigenvalue weighted by atomic mass is 10.2. The van der Waals surface area contributed by atoms with E-state index in [0.29, 0.717) is 41.8 Å². The van der Waals surface area contributed by atoms with Crippen molar-refractivity contribution in [1.29, 1.82) is 0 Å². The van der Waals surface area contributed by atoms with Crippen LogP contribution < -0.4 is 14.4 Å². The predicted molar refractivity (Wildman–Crippen MR) is 115 cm³/mol. The second-order valence-corrected chi connectivity index (χ2v) is 9.42. The number of carbonyl (C=O) groups excluding carboxylic acids is 1. The van der Waals surface area contributed by atoms with Gasteiger partial charge in [-0.05, 0) is 36.6 Å². The highest BCUT2D eigenvalue weighted by Crippen LogP contribution is 2.31. The van der Waals surface area contributed by atoms with Crippen molar-refractivity contribution in [2.24, 2.45) is 0 Å². The first kappa shape index (κ1) is 21.7. The molecule has 29 heavy (non-hydrogen) atoms. The molecule has 1 heterocycles. The van der Waals surface area contributed by atoms with Crippen LogP contribution >= 0.6 is 23.2 Å². The molecule has 1 aliphatic rings. The van der Waals surface area contributed by atoms with Crippen LogP contribution in [0.4, 0.5) is 5.69 Å². The first-order valence-corrected chi connectivity index (χ1v) is 11.7. The SMILES string of the molecule is O=C(CCCOc1cccc(Cl)c1Cl)NCCS(=O)(=O)N1CCc2ccccc21. The van der Waals surface area contributed by atoms with Crippen molar-refractivity contribution < 1.29 is 17.9 Å². The van der Waals surface area contributed by atoms with Gasteiger partial charge in [-0.3, -0.25) is 9.10 Å². The minimum Gasteiger partial charge on any atom is -0.492 e. The Kier molecular flexibility index (Phi) is 7.27. The van der Waals surface area contributed by atoms with Crippen LogP contribution in [0.15, 0.2) is 42.5 Å². The lowest BCUT2D eigenvalue weighted by molar-refractivity contribution is -0.121. The Labute approximate surface area is 180 Å². The number of benzene rings is 2. The molecule has 0 saturated heterocycles. The average molecular weight is 457 g/mol. The highest BCUT2D eigenvalue weighted by Gasteiger charge is 2.28. The molecule has 2 aromatic rings. The molecular weight excluding hydrogens is 435 g/mol. The molecule has 0 aliphatic carbocycles. The molecule has 0 fully saturated rings. The van der Waals surface area contributed by atoms with E-state index in [1.54, 1.807) is 18.2 Å². The van der Waals surface area contributed by atoms with Gasteiger partial charge in [0.05, 0.1) is 23.1 Å². The number of anilines is 1. The molecule has 0 spiro atoms. The topological polar surface area (TPSA) is 75.7 Å². The van der Waals surface area contributed by atoms with Crippen LogP contribution in [0.25, 0.3) is 0 Å². The third kappa shape index (κ3) is 5.56. The van der Waals surface area contributed by atoms with Gasteiger partial charge in [0.15, 0.2) is 0 Å². The van der Waals surface area contributed by atoms with E-state index in [0.717, 1.165) is 11.3 Å². The summed E-state index contributed by atoms with van der Waals surface area (Å²) in [4.78, 5) is 12.0. The van der Waals surface area contributed by atoms with Crippen LogP contribution in [0, 0.1) is 0 Å². The van der Waals surface area contributed by atoms with E-state index < -0.39 is 10.0 Å². The van der Waals surface area contributed by atoms with E-state index in [1.165, 1.54) is 4.31 Å². The van der Waals surface area contributed by atoms with Gasteiger partial charge in [-0.1, -0.05) is 47.5 Å². The number of sulfonamides is 1. The molecule has 2 aromatic carbocycles. The monoisotopic (exact) mass is 456 g/mol. The number of hydrogen-bond acceptors (Lipinski definition) is 4. The van der Waals surface area contributed by atoms with Crippen molar-refractivity contribution in [3.05, 3.63) is 58.1 Å². The summed E-state index contributed by atoms with van der Waals surface area (Å²) in [6, 6.07) is 12.6. The summed E-state index contributed by atoms with van der Waals surface area (Å²) in [6.45, 7) is 0.816. The maximum Gasteiger partial charge on any atom is 0.236 e.